The zero-order chi connectivity index (χ0) is 46.6. The number of rotatable bonds is 20. The van der Waals surface area contributed by atoms with Gasteiger partial charge in [0.15, 0.2) is 0 Å². The Hall–Kier alpha value is -4.53. The second kappa shape index (κ2) is 22.0. The van der Waals surface area contributed by atoms with Crippen molar-refractivity contribution in [1.29, 1.82) is 0 Å². The molecule has 342 valence electrons. The molecule has 2 aromatic carbocycles. The maximum Gasteiger partial charge on any atom is 0.315 e. The number of carbonyl (C=O) groups is 3. The second-order valence-corrected chi connectivity index (χ2v) is 26.5. The fourth-order valence-corrected chi connectivity index (χ4v) is 14.6. The molecule has 0 saturated carbocycles. The summed E-state index contributed by atoms with van der Waals surface area (Å²) in [4.78, 5) is 49.1. The number of sulfonamides is 2. The van der Waals surface area contributed by atoms with Crippen LogP contribution in [-0.4, -0.2) is 86.1 Å². The highest BCUT2D eigenvalue weighted by Crippen LogP contribution is 2.55. The first-order chi connectivity index (χ1) is 28.0. The van der Waals surface area contributed by atoms with Gasteiger partial charge in [-0.1, -0.05) is 90.8 Å². The minimum atomic E-state index is -3.98. The minimum absolute atomic E-state index is 0.0183. The van der Waals surface area contributed by atoms with Gasteiger partial charge in [-0.25, -0.2) is 26.3 Å². The molecular formula is C41H69N9O8S2Si. The first-order valence-corrected chi connectivity index (χ1v) is 25.5. The van der Waals surface area contributed by atoms with Gasteiger partial charge in [0.1, 0.15) is 12.1 Å². The molecule has 2 aromatic rings. The SMILES string of the molecule is Cc1ccc(S(=O)(=O)NC(N)=NCCC[C@H](NC(=O)[C@H](C)NC(=O)[C@@H](N)CCCN=C(N)NS(=O)(=O)c2ccc(C)cc2)C(=O)O[Si](CC(C)C)(C(C)(C)C)C(C)(C)C)cc1. The van der Waals surface area contributed by atoms with Gasteiger partial charge in [-0.15, -0.1) is 0 Å². The van der Waals surface area contributed by atoms with Crippen molar-refractivity contribution >= 4 is 58.1 Å². The van der Waals surface area contributed by atoms with Gasteiger partial charge in [-0.05, 0) is 92.8 Å². The number of aryl methyl sites for hydroxylation is 2. The summed E-state index contributed by atoms with van der Waals surface area (Å²) in [6.45, 7) is 21.8. The van der Waals surface area contributed by atoms with E-state index >= 15 is 0 Å². The lowest BCUT2D eigenvalue weighted by Crippen LogP contribution is -2.59. The maximum atomic E-state index is 14.3. The normalized spacial score (nSPS) is 14.8. The summed E-state index contributed by atoms with van der Waals surface area (Å²) < 4.78 is 61.8. The molecule has 0 fully saturated rings. The Morgan fingerprint density at radius 3 is 1.49 bits per heavy atom. The third-order valence-electron chi connectivity index (χ3n) is 10.1. The van der Waals surface area contributed by atoms with Gasteiger partial charge in [0.05, 0.1) is 15.8 Å². The monoisotopic (exact) mass is 907 g/mol. The van der Waals surface area contributed by atoms with Crippen molar-refractivity contribution in [3.63, 3.8) is 0 Å². The van der Waals surface area contributed by atoms with E-state index in [1.54, 1.807) is 24.3 Å². The van der Waals surface area contributed by atoms with E-state index in [2.05, 4.69) is 85.5 Å². The zero-order valence-electron chi connectivity index (χ0n) is 37.6. The van der Waals surface area contributed by atoms with Crippen molar-refractivity contribution in [3.8, 4) is 0 Å². The largest absolute Gasteiger partial charge is 0.516 e. The van der Waals surface area contributed by atoms with Gasteiger partial charge in [-0.2, -0.15) is 0 Å². The Balaban J connectivity index is 2.16. The molecule has 0 aliphatic heterocycles. The van der Waals surface area contributed by atoms with Gasteiger partial charge in [-0.3, -0.25) is 24.4 Å². The molecule has 0 spiro atoms. The highest BCUT2D eigenvalue weighted by molar-refractivity contribution is 7.90. The van der Waals surface area contributed by atoms with Crippen LogP contribution in [0.4, 0.5) is 0 Å². The summed E-state index contributed by atoms with van der Waals surface area (Å²) in [7, 11) is -10.9. The Morgan fingerprint density at radius 2 is 1.10 bits per heavy atom. The minimum Gasteiger partial charge on any atom is -0.516 e. The highest BCUT2D eigenvalue weighted by Gasteiger charge is 2.58. The topological polar surface area (TPSA) is 280 Å². The molecule has 17 nitrogen and oxygen atoms in total. The molecule has 2 amide bonds. The van der Waals surface area contributed by atoms with E-state index in [0.717, 1.165) is 11.1 Å². The highest BCUT2D eigenvalue weighted by atomic mass is 32.2. The Labute approximate surface area is 364 Å². The van der Waals surface area contributed by atoms with Crippen LogP contribution in [0, 0.1) is 19.8 Å². The third kappa shape index (κ3) is 16.0. The average molecular weight is 908 g/mol. The molecule has 0 radical (unpaired) electrons. The van der Waals surface area contributed by atoms with Gasteiger partial charge < -0.3 is 32.3 Å². The van der Waals surface area contributed by atoms with Gasteiger partial charge in [0.25, 0.3) is 28.4 Å². The first-order valence-electron chi connectivity index (χ1n) is 20.4. The predicted molar refractivity (Wildman–Crippen MR) is 243 cm³/mol. The standard InChI is InChI=1S/C41H69N9O8S2Si/c1-27(2)26-61(40(6,7)8,41(9,10)11)58-37(53)34(15-13-25-46-39(44)50-60(56,57)32-22-18-29(4)19-23-32)48-35(51)30(5)47-36(52)33(42)14-12-24-45-38(43)49-59(54,55)31-20-16-28(3)17-21-31/h16-23,27,30,33-34H,12-15,24-26,42H2,1-11H3,(H,47,52)(H,48,51)(H3,43,45,49)(H3,44,46,50)/t30-,33-,34-/m0/s1. The molecule has 0 heterocycles. The summed E-state index contributed by atoms with van der Waals surface area (Å²) >= 11 is 0. The molecule has 0 unspecified atom stereocenters. The number of benzene rings is 2. The van der Waals surface area contributed by atoms with E-state index in [9.17, 15) is 31.2 Å². The Morgan fingerprint density at radius 1 is 0.689 bits per heavy atom. The molecule has 10 N–H and O–H groups in total. The van der Waals surface area contributed by atoms with Gasteiger partial charge >= 0.3 is 5.97 Å². The molecule has 0 aliphatic carbocycles. The van der Waals surface area contributed by atoms with Gasteiger partial charge in [0.2, 0.25) is 23.7 Å². The van der Waals surface area contributed by atoms with Gasteiger partial charge in [0, 0.05) is 13.1 Å². The van der Waals surface area contributed by atoms with E-state index < -0.39 is 64.3 Å². The maximum absolute atomic E-state index is 14.3. The number of carbonyl (C=O) groups excluding carboxylic acids is 3. The molecule has 0 saturated heterocycles. The summed E-state index contributed by atoms with van der Waals surface area (Å²) in [5.41, 5.74) is 19.6. The van der Waals surface area contributed by atoms with Crippen LogP contribution >= 0.6 is 0 Å². The lowest BCUT2D eigenvalue weighted by Gasteiger charge is -2.51. The van der Waals surface area contributed by atoms with Crippen molar-refractivity contribution < 1.29 is 35.6 Å². The van der Waals surface area contributed by atoms with Crippen LogP contribution in [0.5, 0.6) is 0 Å². The van der Waals surface area contributed by atoms with Crippen LogP contribution in [-0.2, 0) is 38.9 Å². The Bertz CT molecular complexity index is 2070. The van der Waals surface area contributed by atoms with Crippen molar-refractivity contribution in [2.24, 2.45) is 33.1 Å². The number of nitrogens with zero attached hydrogens (tertiary/aromatic N) is 2. The lowest BCUT2D eigenvalue weighted by molar-refractivity contribution is -0.141. The van der Waals surface area contributed by atoms with Crippen LogP contribution in [0.2, 0.25) is 16.1 Å². The van der Waals surface area contributed by atoms with E-state index in [4.69, 9.17) is 21.6 Å². The molecule has 3 atom stereocenters. The van der Waals surface area contributed by atoms with Crippen LogP contribution in [0.1, 0.15) is 99.1 Å². The van der Waals surface area contributed by atoms with E-state index in [0.29, 0.717) is 6.04 Å². The number of guanidine groups is 2. The van der Waals surface area contributed by atoms with Crippen LogP contribution < -0.4 is 37.3 Å². The zero-order valence-corrected chi connectivity index (χ0v) is 40.2. The number of nitrogens with one attached hydrogen (secondary N) is 4. The predicted octanol–water partition coefficient (Wildman–Crippen LogP) is 3.81. The smallest absolute Gasteiger partial charge is 0.315 e. The van der Waals surface area contributed by atoms with Crippen LogP contribution in [0.15, 0.2) is 68.3 Å². The van der Waals surface area contributed by atoms with Crippen LogP contribution in [0.25, 0.3) is 0 Å². The second-order valence-electron chi connectivity index (χ2n) is 17.9. The number of nitrogens with two attached hydrogens (primary N) is 3. The Kier molecular flexibility index (Phi) is 19.0. The fourth-order valence-electron chi connectivity index (χ4n) is 6.86. The van der Waals surface area contributed by atoms with Crippen molar-refractivity contribution in [2.75, 3.05) is 13.1 Å². The summed E-state index contributed by atoms with van der Waals surface area (Å²) in [5, 5.41) is 4.60. The van der Waals surface area contributed by atoms with Crippen molar-refractivity contribution in [2.45, 2.75) is 146 Å². The van der Waals surface area contributed by atoms with E-state index in [1.165, 1.54) is 31.2 Å². The number of hydrogen-bond acceptors (Lipinski definition) is 11. The number of aliphatic imine (C=N–C) groups is 2. The summed E-state index contributed by atoms with van der Waals surface area (Å²) in [6, 6.07) is 9.85. The molecule has 61 heavy (non-hydrogen) atoms. The molecule has 20 heteroatoms. The fraction of sp³-hybridized carbons (Fsp3) is 0.585. The molecule has 0 bridgehead atoms. The lowest BCUT2D eigenvalue weighted by atomic mass is 10.1. The quantitative estimate of drug-likeness (QED) is 0.0434. The molecule has 2 rings (SSSR count). The van der Waals surface area contributed by atoms with Crippen molar-refractivity contribution in [1.82, 2.24) is 20.1 Å². The van der Waals surface area contributed by atoms with E-state index in [1.807, 2.05) is 13.8 Å². The molecule has 0 aliphatic rings. The molecular weight excluding hydrogens is 839 g/mol. The van der Waals surface area contributed by atoms with E-state index in [-0.39, 0.29) is 76.5 Å². The van der Waals surface area contributed by atoms with Crippen LogP contribution in [0.3, 0.4) is 0 Å². The molecule has 0 aromatic heterocycles. The summed E-state index contributed by atoms with van der Waals surface area (Å²) in [5.74, 6) is -2.33. The first kappa shape index (κ1) is 52.6. The third-order valence-corrected chi connectivity index (χ3v) is 19.6. The van der Waals surface area contributed by atoms with Crippen molar-refractivity contribution in [3.05, 3.63) is 59.7 Å². The number of hydrogen-bond donors (Lipinski definition) is 7. The summed E-state index contributed by atoms with van der Waals surface area (Å²) in [6.07, 6.45) is 0.698. The average Bonchev–Trinajstić information content (AvgIpc) is 3.12. The number of amides is 2.